The van der Waals surface area contributed by atoms with E-state index < -0.39 is 5.91 Å². The third kappa shape index (κ3) is 3.37. The second kappa shape index (κ2) is 7.55. The first kappa shape index (κ1) is 19.5. The number of benzene rings is 2. The molecule has 6 nitrogen and oxygen atoms in total. The highest BCUT2D eigenvalue weighted by Gasteiger charge is 2.37. The number of hydrogen-bond acceptors (Lipinski definition) is 4. The first-order valence-corrected chi connectivity index (χ1v) is 9.67. The van der Waals surface area contributed by atoms with Crippen LogP contribution in [0.3, 0.4) is 0 Å². The van der Waals surface area contributed by atoms with Crippen LogP contribution in [-0.4, -0.2) is 22.7 Å². The molecule has 0 aliphatic carbocycles. The molecule has 1 N–H and O–H groups in total. The highest BCUT2D eigenvalue weighted by atomic mass is 16.2. The molecule has 2 heterocycles. The Labute approximate surface area is 174 Å². The third-order valence-corrected chi connectivity index (χ3v) is 5.31. The largest absolute Gasteiger partial charge is 0.346 e. The van der Waals surface area contributed by atoms with E-state index in [2.05, 4.69) is 10.3 Å². The molecule has 150 valence electrons. The van der Waals surface area contributed by atoms with Crippen molar-refractivity contribution >= 4 is 23.4 Å². The van der Waals surface area contributed by atoms with Crippen LogP contribution in [0.2, 0.25) is 0 Å². The molecule has 0 saturated carbocycles. The smallest absolute Gasteiger partial charge is 0.266 e. The molecule has 0 saturated heterocycles. The summed E-state index contributed by atoms with van der Waals surface area (Å²) in [5.41, 5.74) is 4.16. The number of carbonyl (C=O) groups is 3. The van der Waals surface area contributed by atoms with Crippen molar-refractivity contribution < 1.29 is 14.4 Å². The number of aryl methyl sites for hydroxylation is 2. The molecule has 0 radical (unpaired) electrons. The number of rotatable bonds is 4. The number of imide groups is 1. The number of fused-ring (bicyclic) bond motifs is 1. The van der Waals surface area contributed by atoms with E-state index in [0.29, 0.717) is 16.8 Å². The van der Waals surface area contributed by atoms with Crippen LogP contribution in [-0.2, 0) is 0 Å². The van der Waals surface area contributed by atoms with E-state index in [1.54, 1.807) is 24.5 Å². The lowest BCUT2D eigenvalue weighted by Crippen LogP contribution is -2.30. The van der Waals surface area contributed by atoms with E-state index in [-0.39, 0.29) is 23.4 Å². The number of carbonyl (C=O) groups excluding carboxylic acids is 3. The number of hydrogen-bond donors (Lipinski definition) is 1. The second-order valence-electron chi connectivity index (χ2n) is 7.47. The van der Waals surface area contributed by atoms with Crippen molar-refractivity contribution in [3.05, 3.63) is 94.3 Å². The van der Waals surface area contributed by atoms with Gasteiger partial charge in [-0.3, -0.25) is 19.4 Å². The Balaban J connectivity index is 1.62. The molecule has 4 rings (SSSR count). The van der Waals surface area contributed by atoms with Crippen molar-refractivity contribution in [2.75, 3.05) is 4.90 Å². The maximum Gasteiger partial charge on any atom is 0.266 e. The topological polar surface area (TPSA) is 79.4 Å². The van der Waals surface area contributed by atoms with Gasteiger partial charge in [0, 0.05) is 18.0 Å². The zero-order chi connectivity index (χ0) is 21.4. The molecule has 1 aliphatic rings. The fourth-order valence-electron chi connectivity index (χ4n) is 3.58. The predicted molar refractivity (Wildman–Crippen MR) is 114 cm³/mol. The van der Waals surface area contributed by atoms with Gasteiger partial charge in [-0.15, -0.1) is 0 Å². The van der Waals surface area contributed by atoms with Crippen LogP contribution in [0.1, 0.15) is 60.7 Å². The Morgan fingerprint density at radius 3 is 2.37 bits per heavy atom. The van der Waals surface area contributed by atoms with Gasteiger partial charge in [0.15, 0.2) is 0 Å². The molecule has 6 heteroatoms. The molecule has 1 aromatic heterocycles. The minimum atomic E-state index is -0.416. The standard InChI is InChI=1S/C24H21N3O3/c1-14-4-5-15(2)21(12-14)27-23(29)19-7-6-18(13-20(19)24(27)30)22(28)26-16(3)17-8-10-25-11-9-17/h4-13,16H,1-3H3,(H,26,28). The minimum absolute atomic E-state index is 0.225. The van der Waals surface area contributed by atoms with Gasteiger partial charge in [0.1, 0.15) is 0 Å². The van der Waals surface area contributed by atoms with Crippen LogP contribution in [0.4, 0.5) is 5.69 Å². The number of nitrogens with one attached hydrogen (secondary N) is 1. The average Bonchev–Trinajstić information content (AvgIpc) is 3.00. The first-order chi connectivity index (χ1) is 14.4. The van der Waals surface area contributed by atoms with E-state index >= 15 is 0 Å². The minimum Gasteiger partial charge on any atom is -0.346 e. The van der Waals surface area contributed by atoms with Crippen LogP contribution in [0.15, 0.2) is 60.9 Å². The fourth-order valence-corrected chi connectivity index (χ4v) is 3.58. The van der Waals surface area contributed by atoms with Crippen molar-refractivity contribution in [3.63, 3.8) is 0 Å². The molecular formula is C24H21N3O3. The highest BCUT2D eigenvalue weighted by molar-refractivity contribution is 6.35. The van der Waals surface area contributed by atoms with Gasteiger partial charge in [-0.25, -0.2) is 4.90 Å². The van der Waals surface area contributed by atoms with Crippen LogP contribution in [0.5, 0.6) is 0 Å². The molecule has 0 spiro atoms. The number of anilines is 1. The van der Waals surface area contributed by atoms with Crippen molar-refractivity contribution in [1.29, 1.82) is 0 Å². The average molecular weight is 399 g/mol. The summed E-state index contributed by atoms with van der Waals surface area (Å²) < 4.78 is 0. The van der Waals surface area contributed by atoms with Gasteiger partial charge < -0.3 is 5.32 Å². The van der Waals surface area contributed by atoms with Crippen LogP contribution in [0, 0.1) is 13.8 Å². The Morgan fingerprint density at radius 1 is 0.933 bits per heavy atom. The van der Waals surface area contributed by atoms with Crippen molar-refractivity contribution in [2.24, 2.45) is 0 Å². The van der Waals surface area contributed by atoms with Crippen LogP contribution >= 0.6 is 0 Å². The Kier molecular flexibility index (Phi) is 4.91. The maximum absolute atomic E-state index is 13.1. The van der Waals surface area contributed by atoms with Crippen molar-refractivity contribution in [2.45, 2.75) is 26.8 Å². The van der Waals surface area contributed by atoms with Gasteiger partial charge in [0.25, 0.3) is 17.7 Å². The zero-order valence-electron chi connectivity index (χ0n) is 17.0. The summed E-state index contributed by atoms with van der Waals surface area (Å²) in [6.07, 6.45) is 3.33. The Bertz CT molecular complexity index is 1170. The van der Waals surface area contributed by atoms with Gasteiger partial charge in [-0.2, -0.15) is 0 Å². The molecule has 3 aromatic rings. The normalized spacial score (nSPS) is 13.9. The molecule has 1 atom stereocenters. The third-order valence-electron chi connectivity index (χ3n) is 5.31. The second-order valence-corrected chi connectivity index (χ2v) is 7.47. The summed E-state index contributed by atoms with van der Waals surface area (Å²) in [6, 6.07) is 13.7. The SMILES string of the molecule is Cc1ccc(C)c(N2C(=O)c3ccc(C(=O)NC(C)c4ccncc4)cc3C2=O)c1. The molecule has 2 aromatic carbocycles. The molecule has 0 bridgehead atoms. The number of pyridine rings is 1. The molecule has 0 fully saturated rings. The van der Waals surface area contributed by atoms with E-state index in [4.69, 9.17) is 0 Å². The molecule has 3 amide bonds. The lowest BCUT2D eigenvalue weighted by atomic mass is 10.0. The predicted octanol–water partition coefficient (Wildman–Crippen LogP) is 3.99. The molecule has 30 heavy (non-hydrogen) atoms. The van der Waals surface area contributed by atoms with Crippen molar-refractivity contribution in [3.8, 4) is 0 Å². The maximum atomic E-state index is 13.1. The van der Waals surface area contributed by atoms with Gasteiger partial charge in [0.2, 0.25) is 0 Å². The Morgan fingerprint density at radius 2 is 1.63 bits per heavy atom. The zero-order valence-corrected chi connectivity index (χ0v) is 17.0. The van der Waals surface area contributed by atoms with Crippen molar-refractivity contribution in [1.82, 2.24) is 10.3 Å². The fraction of sp³-hybridized carbons (Fsp3) is 0.167. The molecule has 1 aliphatic heterocycles. The lowest BCUT2D eigenvalue weighted by molar-refractivity contribution is 0.0921. The summed E-state index contributed by atoms with van der Waals surface area (Å²) in [5, 5.41) is 2.91. The number of nitrogens with zero attached hydrogens (tertiary/aromatic N) is 2. The molecular weight excluding hydrogens is 378 g/mol. The van der Waals surface area contributed by atoms with Gasteiger partial charge >= 0.3 is 0 Å². The van der Waals surface area contributed by atoms with Crippen LogP contribution < -0.4 is 10.2 Å². The molecule has 1 unspecified atom stereocenters. The lowest BCUT2D eigenvalue weighted by Gasteiger charge is -2.17. The highest BCUT2D eigenvalue weighted by Crippen LogP contribution is 2.31. The first-order valence-electron chi connectivity index (χ1n) is 9.67. The summed E-state index contributed by atoms with van der Waals surface area (Å²) in [7, 11) is 0. The van der Waals surface area contributed by atoms with Gasteiger partial charge in [-0.05, 0) is 73.9 Å². The summed E-state index contributed by atoms with van der Waals surface area (Å²) in [6.45, 7) is 5.64. The number of aromatic nitrogens is 1. The van der Waals surface area contributed by atoms with E-state index in [9.17, 15) is 14.4 Å². The van der Waals surface area contributed by atoms with E-state index in [1.807, 2.05) is 51.1 Å². The van der Waals surface area contributed by atoms with Gasteiger partial charge in [0.05, 0.1) is 22.9 Å². The van der Waals surface area contributed by atoms with Crippen LogP contribution in [0.25, 0.3) is 0 Å². The summed E-state index contributed by atoms with van der Waals surface area (Å²) in [4.78, 5) is 43.9. The summed E-state index contributed by atoms with van der Waals surface area (Å²) in [5.74, 6) is -1.10. The summed E-state index contributed by atoms with van der Waals surface area (Å²) >= 11 is 0. The van der Waals surface area contributed by atoms with E-state index in [0.717, 1.165) is 16.7 Å². The van der Waals surface area contributed by atoms with Gasteiger partial charge in [-0.1, -0.05) is 12.1 Å². The quantitative estimate of drug-likeness (QED) is 0.673. The Hall–Kier alpha value is -3.80. The van der Waals surface area contributed by atoms with E-state index in [1.165, 1.54) is 11.0 Å². The monoisotopic (exact) mass is 399 g/mol. The number of amides is 3.